The molecule has 9 nitrogen and oxygen atoms in total. The number of fused-ring (bicyclic) bond motifs is 1. The Bertz CT molecular complexity index is 1220. The molecule has 1 amide bonds. The molecule has 0 aliphatic carbocycles. The van der Waals surface area contributed by atoms with E-state index >= 15 is 0 Å². The summed E-state index contributed by atoms with van der Waals surface area (Å²) in [6.45, 7) is 0.593. The first-order valence-corrected chi connectivity index (χ1v) is 9.05. The van der Waals surface area contributed by atoms with E-state index < -0.39 is 5.91 Å². The van der Waals surface area contributed by atoms with E-state index in [1.54, 1.807) is 35.0 Å². The number of halogens is 1. The summed E-state index contributed by atoms with van der Waals surface area (Å²) in [5.41, 5.74) is 2.50. The molecule has 10 heteroatoms. The van der Waals surface area contributed by atoms with Crippen LogP contribution >= 0.6 is 0 Å². The quantitative estimate of drug-likeness (QED) is 0.528. The van der Waals surface area contributed by atoms with Gasteiger partial charge >= 0.3 is 0 Å². The third-order valence-corrected chi connectivity index (χ3v) is 4.51. The summed E-state index contributed by atoms with van der Waals surface area (Å²) >= 11 is 0. The summed E-state index contributed by atoms with van der Waals surface area (Å²) < 4.78 is 25.2. The number of carbonyl (C=O) groups is 1. The Morgan fingerprint density at radius 3 is 2.83 bits per heavy atom. The molecule has 150 valence electrons. The zero-order valence-electron chi connectivity index (χ0n) is 15.5. The minimum Gasteiger partial charge on any atom is -0.454 e. The van der Waals surface area contributed by atoms with Gasteiger partial charge < -0.3 is 9.47 Å². The zero-order chi connectivity index (χ0) is 20.5. The highest BCUT2D eigenvalue weighted by Crippen LogP contribution is 2.35. The summed E-state index contributed by atoms with van der Waals surface area (Å²) in [5.74, 6) is 0.743. The number of anilines is 1. The Morgan fingerprint density at radius 2 is 1.97 bits per heavy atom. The van der Waals surface area contributed by atoms with Crippen LogP contribution in [0.2, 0.25) is 0 Å². The lowest BCUT2D eigenvalue weighted by atomic mass is 10.1. The van der Waals surface area contributed by atoms with Gasteiger partial charge in [-0.3, -0.25) is 15.2 Å². The van der Waals surface area contributed by atoms with Crippen molar-refractivity contribution >= 4 is 11.9 Å². The van der Waals surface area contributed by atoms with Crippen LogP contribution in [0.3, 0.4) is 0 Å². The van der Waals surface area contributed by atoms with Crippen LogP contribution in [-0.2, 0) is 6.54 Å². The van der Waals surface area contributed by atoms with Crippen molar-refractivity contribution in [2.45, 2.75) is 6.54 Å². The first kappa shape index (κ1) is 17.9. The molecule has 0 atom stereocenters. The molecule has 0 unspecified atom stereocenters. The van der Waals surface area contributed by atoms with Crippen molar-refractivity contribution in [3.05, 3.63) is 71.9 Å². The van der Waals surface area contributed by atoms with Gasteiger partial charge in [0, 0.05) is 5.56 Å². The Kier molecular flexibility index (Phi) is 4.36. The van der Waals surface area contributed by atoms with Crippen molar-refractivity contribution in [1.82, 2.24) is 25.0 Å². The maximum Gasteiger partial charge on any atom is 0.276 e. The lowest BCUT2D eigenvalue weighted by Gasteiger charge is -2.01. The number of rotatable bonds is 5. The summed E-state index contributed by atoms with van der Waals surface area (Å²) in [4.78, 5) is 16.6. The number of aromatic nitrogens is 5. The minimum absolute atomic E-state index is 0.154. The van der Waals surface area contributed by atoms with Gasteiger partial charge in [-0.15, -0.1) is 5.10 Å². The Hall–Kier alpha value is -4.21. The second-order valence-electron chi connectivity index (χ2n) is 6.58. The summed E-state index contributed by atoms with van der Waals surface area (Å²) in [6, 6.07) is 13.2. The lowest BCUT2D eigenvalue weighted by molar-refractivity contribution is 0.102. The molecule has 2 N–H and O–H groups in total. The van der Waals surface area contributed by atoms with Crippen molar-refractivity contribution < 1.29 is 18.7 Å². The third-order valence-electron chi connectivity index (χ3n) is 4.51. The molecule has 1 aliphatic heterocycles. The molecule has 0 saturated heterocycles. The van der Waals surface area contributed by atoms with E-state index in [0.717, 1.165) is 11.1 Å². The van der Waals surface area contributed by atoms with E-state index in [0.29, 0.717) is 23.7 Å². The number of amides is 1. The number of H-pyrrole nitrogens is 1. The molecule has 0 fully saturated rings. The second-order valence-corrected chi connectivity index (χ2v) is 6.58. The van der Waals surface area contributed by atoms with E-state index in [2.05, 4.69) is 25.6 Å². The molecule has 0 radical (unpaired) electrons. The summed E-state index contributed by atoms with van der Waals surface area (Å²) in [5, 5.41) is 13.7. The highest BCUT2D eigenvalue weighted by Gasteiger charge is 2.17. The van der Waals surface area contributed by atoms with Crippen molar-refractivity contribution in [2.24, 2.45) is 0 Å². The molecular formula is C20H15FN6O3. The first-order valence-electron chi connectivity index (χ1n) is 9.05. The van der Waals surface area contributed by atoms with Crippen LogP contribution in [0.1, 0.15) is 16.1 Å². The van der Waals surface area contributed by atoms with Gasteiger partial charge in [0.25, 0.3) is 5.91 Å². The van der Waals surface area contributed by atoms with E-state index in [4.69, 9.17) is 9.47 Å². The maximum absolute atomic E-state index is 13.0. The molecule has 30 heavy (non-hydrogen) atoms. The van der Waals surface area contributed by atoms with E-state index in [9.17, 15) is 9.18 Å². The normalized spacial score (nSPS) is 12.2. The average Bonchev–Trinajstić information content (AvgIpc) is 3.50. The second kappa shape index (κ2) is 7.32. The minimum atomic E-state index is -0.422. The molecule has 1 aliphatic rings. The number of hydrogen-bond acceptors (Lipinski definition) is 6. The fourth-order valence-electron chi connectivity index (χ4n) is 3.02. The van der Waals surface area contributed by atoms with Gasteiger partial charge in [-0.05, 0) is 42.0 Å². The molecule has 2 aromatic heterocycles. The molecule has 0 bridgehead atoms. The Morgan fingerprint density at radius 1 is 1.13 bits per heavy atom. The van der Waals surface area contributed by atoms with Crippen LogP contribution in [0, 0.1) is 5.82 Å². The Balaban J connectivity index is 1.26. The lowest BCUT2D eigenvalue weighted by Crippen LogP contribution is -2.14. The van der Waals surface area contributed by atoms with Gasteiger partial charge in [-0.2, -0.15) is 5.10 Å². The Labute approximate surface area is 169 Å². The SMILES string of the molecule is O=C(Nc1ncn(Cc2ccc(F)cc2)n1)c1cc(-c2ccc3c(c2)OCO3)n[nH]1. The monoisotopic (exact) mass is 406 g/mol. The van der Waals surface area contributed by atoms with Gasteiger partial charge in [-0.1, -0.05) is 12.1 Å². The highest BCUT2D eigenvalue weighted by atomic mass is 19.1. The molecule has 3 heterocycles. The van der Waals surface area contributed by atoms with Gasteiger partial charge in [0.1, 0.15) is 17.8 Å². The molecular weight excluding hydrogens is 391 g/mol. The molecule has 2 aromatic carbocycles. The van der Waals surface area contributed by atoms with E-state index in [1.165, 1.54) is 18.5 Å². The fourth-order valence-corrected chi connectivity index (χ4v) is 3.02. The number of hydrogen-bond donors (Lipinski definition) is 2. The zero-order valence-corrected chi connectivity index (χ0v) is 15.5. The summed E-state index contributed by atoms with van der Waals surface area (Å²) in [6.07, 6.45) is 1.49. The maximum atomic E-state index is 13.0. The molecule has 4 aromatic rings. The van der Waals surface area contributed by atoms with Gasteiger partial charge in [0.15, 0.2) is 11.5 Å². The number of aromatic amines is 1. The predicted molar refractivity (Wildman–Crippen MR) is 104 cm³/mol. The van der Waals surface area contributed by atoms with Gasteiger partial charge in [-0.25, -0.2) is 14.1 Å². The molecule has 0 saturated carbocycles. The largest absolute Gasteiger partial charge is 0.454 e. The van der Waals surface area contributed by atoms with Gasteiger partial charge in [0.2, 0.25) is 12.7 Å². The number of nitrogens with one attached hydrogen (secondary N) is 2. The summed E-state index contributed by atoms with van der Waals surface area (Å²) in [7, 11) is 0. The van der Waals surface area contributed by atoms with E-state index in [-0.39, 0.29) is 24.3 Å². The standard InChI is InChI=1S/C20H15FN6O3/c21-14-4-1-12(2-5-14)9-27-10-22-20(26-27)23-19(28)16-8-15(24-25-16)13-3-6-17-18(7-13)30-11-29-17/h1-8,10H,9,11H2,(H,24,25)(H,23,26,28). The first-order chi connectivity index (χ1) is 14.6. The van der Waals surface area contributed by atoms with Crippen LogP contribution in [0.4, 0.5) is 10.3 Å². The molecule has 0 spiro atoms. The predicted octanol–water partition coefficient (Wildman–Crippen LogP) is 2.84. The van der Waals surface area contributed by atoms with Crippen LogP contribution in [-0.4, -0.2) is 37.7 Å². The smallest absolute Gasteiger partial charge is 0.276 e. The third kappa shape index (κ3) is 3.58. The van der Waals surface area contributed by atoms with E-state index in [1.807, 2.05) is 6.07 Å². The number of benzene rings is 2. The van der Waals surface area contributed by atoms with Crippen molar-refractivity contribution in [3.63, 3.8) is 0 Å². The highest BCUT2D eigenvalue weighted by molar-refractivity contribution is 6.02. The van der Waals surface area contributed by atoms with Crippen LogP contribution in [0.5, 0.6) is 11.5 Å². The van der Waals surface area contributed by atoms with Crippen molar-refractivity contribution in [1.29, 1.82) is 0 Å². The van der Waals surface area contributed by atoms with Gasteiger partial charge in [0.05, 0.1) is 12.2 Å². The van der Waals surface area contributed by atoms with Crippen molar-refractivity contribution in [3.8, 4) is 22.8 Å². The topological polar surface area (TPSA) is 107 Å². The molecule has 5 rings (SSSR count). The van der Waals surface area contributed by atoms with Crippen molar-refractivity contribution in [2.75, 3.05) is 12.1 Å². The van der Waals surface area contributed by atoms with Crippen LogP contribution in [0.25, 0.3) is 11.3 Å². The van der Waals surface area contributed by atoms with Crippen LogP contribution in [0.15, 0.2) is 54.9 Å². The average molecular weight is 406 g/mol. The number of ether oxygens (including phenoxy) is 2. The fraction of sp³-hybridized carbons (Fsp3) is 0.100. The number of nitrogens with zero attached hydrogens (tertiary/aromatic N) is 4. The van der Waals surface area contributed by atoms with Crippen LogP contribution < -0.4 is 14.8 Å². The number of carbonyl (C=O) groups excluding carboxylic acids is 1.